The molecule has 0 heterocycles. The van der Waals surface area contributed by atoms with Gasteiger partial charge in [-0.2, -0.15) is 0 Å². The summed E-state index contributed by atoms with van der Waals surface area (Å²) in [5.74, 6) is -0.405. The molecular weight excluding hydrogens is 185 g/mol. The fraction of sp³-hybridized carbons (Fsp3) is 0.333. The molecule has 0 saturated heterocycles. The molecule has 0 fully saturated rings. The molecule has 0 aromatic heterocycles. The van der Waals surface area contributed by atoms with Crippen LogP contribution in [0.2, 0.25) is 0 Å². The van der Waals surface area contributed by atoms with Crippen LogP contribution in [0.3, 0.4) is 0 Å². The van der Waals surface area contributed by atoms with Crippen LogP contribution in [0.15, 0.2) is 10.6 Å². The molecule has 54 valence electrons. The Morgan fingerprint density at radius 2 is 2.11 bits per heavy atom. The summed E-state index contributed by atoms with van der Waals surface area (Å²) in [5.41, 5.74) is 0.964. The standard InChI is InChI=1S/C3H5Cl2NO2S/c4-1-3(5)2-9(6,7)8/h1H,2H2,(H2,6,7,8)/b3-1-. The van der Waals surface area contributed by atoms with Crippen LogP contribution >= 0.6 is 23.2 Å². The monoisotopic (exact) mass is 189 g/mol. The number of sulfonamides is 1. The van der Waals surface area contributed by atoms with Crippen molar-refractivity contribution in [3.8, 4) is 0 Å². The Bertz CT molecular complexity index is 208. The van der Waals surface area contributed by atoms with Gasteiger partial charge in [0, 0.05) is 10.6 Å². The topological polar surface area (TPSA) is 60.2 Å². The van der Waals surface area contributed by atoms with E-state index in [2.05, 4.69) is 5.14 Å². The lowest BCUT2D eigenvalue weighted by molar-refractivity contribution is 0.600. The van der Waals surface area contributed by atoms with Crippen LogP contribution in [-0.4, -0.2) is 14.2 Å². The fourth-order valence-electron chi connectivity index (χ4n) is 0.224. The highest BCUT2D eigenvalue weighted by Crippen LogP contribution is 2.03. The first-order chi connectivity index (χ1) is 3.95. The van der Waals surface area contributed by atoms with E-state index in [4.69, 9.17) is 23.2 Å². The first kappa shape index (κ1) is 9.23. The SMILES string of the molecule is NS(=O)(=O)C/C(Cl)=C/Cl. The van der Waals surface area contributed by atoms with Crippen LogP contribution in [0.1, 0.15) is 0 Å². The van der Waals surface area contributed by atoms with Crippen molar-refractivity contribution in [2.45, 2.75) is 0 Å². The Morgan fingerprint density at radius 1 is 1.67 bits per heavy atom. The molecule has 0 rings (SSSR count). The van der Waals surface area contributed by atoms with Crippen molar-refractivity contribution in [3.63, 3.8) is 0 Å². The van der Waals surface area contributed by atoms with Gasteiger partial charge in [0.15, 0.2) is 0 Å². The van der Waals surface area contributed by atoms with E-state index in [9.17, 15) is 8.42 Å². The van der Waals surface area contributed by atoms with E-state index in [1.165, 1.54) is 0 Å². The Balaban J connectivity index is 4.07. The molecule has 0 aliphatic rings. The molecule has 0 radical (unpaired) electrons. The van der Waals surface area contributed by atoms with Gasteiger partial charge in [-0.05, 0) is 0 Å². The molecule has 0 saturated carbocycles. The molecule has 0 aliphatic heterocycles. The minimum atomic E-state index is -3.52. The van der Waals surface area contributed by atoms with E-state index in [1.54, 1.807) is 0 Å². The van der Waals surface area contributed by atoms with Gasteiger partial charge in [-0.1, -0.05) is 23.2 Å². The van der Waals surface area contributed by atoms with Crippen molar-refractivity contribution in [2.75, 3.05) is 5.75 Å². The van der Waals surface area contributed by atoms with E-state index < -0.39 is 15.8 Å². The molecule has 0 spiro atoms. The molecular formula is C3H5Cl2NO2S. The second-order valence-corrected chi connectivity index (χ2v) is 3.68. The third-order valence-corrected chi connectivity index (χ3v) is 1.95. The molecule has 0 aliphatic carbocycles. The van der Waals surface area contributed by atoms with Gasteiger partial charge < -0.3 is 0 Å². The number of hydrogen-bond acceptors (Lipinski definition) is 2. The summed E-state index contributed by atoms with van der Waals surface area (Å²) < 4.78 is 20.4. The minimum absolute atomic E-state index is 0.0131. The Hall–Kier alpha value is 0.230. The molecule has 9 heavy (non-hydrogen) atoms. The Kier molecular flexibility index (Phi) is 3.50. The molecule has 0 amide bonds. The number of halogens is 2. The summed E-state index contributed by atoms with van der Waals surface area (Å²) in [6.07, 6.45) is 0. The normalized spacial score (nSPS) is 13.9. The van der Waals surface area contributed by atoms with Gasteiger partial charge in [0.25, 0.3) is 0 Å². The molecule has 0 aromatic carbocycles. The van der Waals surface area contributed by atoms with Crippen LogP contribution in [0, 0.1) is 0 Å². The first-order valence-electron chi connectivity index (χ1n) is 1.91. The second-order valence-electron chi connectivity index (χ2n) is 1.36. The predicted octanol–water partition coefficient (Wildman–Crippen LogP) is 0.594. The van der Waals surface area contributed by atoms with E-state index in [-0.39, 0.29) is 5.03 Å². The van der Waals surface area contributed by atoms with Gasteiger partial charge in [0.1, 0.15) is 5.75 Å². The molecule has 0 atom stereocenters. The molecule has 0 bridgehead atoms. The van der Waals surface area contributed by atoms with Crippen molar-refractivity contribution in [3.05, 3.63) is 10.6 Å². The molecule has 0 aromatic rings. The number of rotatable bonds is 2. The summed E-state index contributed by atoms with van der Waals surface area (Å²) >= 11 is 10.3. The third kappa shape index (κ3) is 6.11. The van der Waals surface area contributed by atoms with Crippen molar-refractivity contribution < 1.29 is 8.42 Å². The van der Waals surface area contributed by atoms with Crippen molar-refractivity contribution in [1.82, 2.24) is 0 Å². The lowest BCUT2D eigenvalue weighted by atomic mass is 10.7. The third-order valence-electron chi connectivity index (χ3n) is 0.457. The smallest absolute Gasteiger partial charge is 0.214 e. The number of nitrogens with two attached hydrogens (primary N) is 1. The average Bonchev–Trinajstić information content (AvgIpc) is 1.62. The highest BCUT2D eigenvalue weighted by Gasteiger charge is 2.03. The lowest BCUT2D eigenvalue weighted by Gasteiger charge is -1.91. The second kappa shape index (κ2) is 3.41. The van der Waals surface area contributed by atoms with Crippen LogP contribution in [0.5, 0.6) is 0 Å². The summed E-state index contributed by atoms with van der Waals surface area (Å²) in [5, 5.41) is 4.61. The quantitative estimate of drug-likeness (QED) is 0.692. The Morgan fingerprint density at radius 3 is 2.22 bits per heavy atom. The van der Waals surface area contributed by atoms with Gasteiger partial charge in [-0.25, -0.2) is 13.6 Å². The zero-order chi connectivity index (χ0) is 7.49. The van der Waals surface area contributed by atoms with Crippen molar-refractivity contribution >= 4 is 33.2 Å². The molecule has 3 nitrogen and oxygen atoms in total. The summed E-state index contributed by atoms with van der Waals surface area (Å²) in [6.45, 7) is 0. The van der Waals surface area contributed by atoms with Crippen LogP contribution in [0.4, 0.5) is 0 Å². The van der Waals surface area contributed by atoms with E-state index in [0.717, 1.165) is 5.54 Å². The van der Waals surface area contributed by atoms with Crippen LogP contribution < -0.4 is 5.14 Å². The van der Waals surface area contributed by atoms with Gasteiger partial charge in [-0.15, -0.1) is 0 Å². The van der Waals surface area contributed by atoms with Gasteiger partial charge in [-0.3, -0.25) is 0 Å². The summed E-state index contributed by atoms with van der Waals surface area (Å²) in [4.78, 5) is 0. The highest BCUT2D eigenvalue weighted by molar-refractivity contribution is 7.89. The maximum atomic E-state index is 10.2. The maximum Gasteiger partial charge on any atom is 0.214 e. The van der Waals surface area contributed by atoms with E-state index >= 15 is 0 Å². The molecule has 0 unspecified atom stereocenters. The minimum Gasteiger partial charge on any atom is -0.228 e. The summed E-state index contributed by atoms with van der Waals surface area (Å²) in [7, 11) is -3.52. The lowest BCUT2D eigenvalue weighted by Crippen LogP contribution is -2.16. The molecule has 2 N–H and O–H groups in total. The van der Waals surface area contributed by atoms with Gasteiger partial charge in [0.2, 0.25) is 10.0 Å². The number of primary sulfonamides is 1. The summed E-state index contributed by atoms with van der Waals surface area (Å²) in [6, 6.07) is 0. The van der Waals surface area contributed by atoms with Crippen LogP contribution in [-0.2, 0) is 10.0 Å². The fourth-order valence-corrected chi connectivity index (χ4v) is 1.32. The number of hydrogen-bond donors (Lipinski definition) is 1. The average molecular weight is 190 g/mol. The Labute approximate surface area is 63.5 Å². The van der Waals surface area contributed by atoms with E-state index in [0.29, 0.717) is 0 Å². The zero-order valence-corrected chi connectivity index (χ0v) is 6.67. The maximum absolute atomic E-state index is 10.2. The predicted molar refractivity (Wildman–Crippen MR) is 37.8 cm³/mol. The van der Waals surface area contributed by atoms with Gasteiger partial charge in [0.05, 0.1) is 0 Å². The highest BCUT2D eigenvalue weighted by atomic mass is 35.5. The van der Waals surface area contributed by atoms with Crippen LogP contribution in [0.25, 0.3) is 0 Å². The molecule has 6 heteroatoms. The van der Waals surface area contributed by atoms with Gasteiger partial charge >= 0.3 is 0 Å². The first-order valence-corrected chi connectivity index (χ1v) is 4.44. The zero-order valence-electron chi connectivity index (χ0n) is 4.34. The van der Waals surface area contributed by atoms with Crippen molar-refractivity contribution in [1.29, 1.82) is 0 Å². The van der Waals surface area contributed by atoms with E-state index in [1.807, 2.05) is 0 Å². The van der Waals surface area contributed by atoms with Crippen molar-refractivity contribution in [2.24, 2.45) is 5.14 Å². The largest absolute Gasteiger partial charge is 0.228 e.